The first-order valence-corrected chi connectivity index (χ1v) is 6.29. The minimum atomic E-state index is -4.65. The highest BCUT2D eigenvalue weighted by molar-refractivity contribution is 5.92. The number of hydrogen-bond acceptors (Lipinski definition) is 4. The number of nitrogens with zero attached hydrogens (tertiary/aromatic N) is 2. The van der Waals surface area contributed by atoms with Crippen molar-refractivity contribution in [3.63, 3.8) is 0 Å². The zero-order chi connectivity index (χ0) is 16.3. The number of halogens is 3. The molecule has 1 unspecified atom stereocenters. The molecule has 1 heterocycles. The second-order valence-electron chi connectivity index (χ2n) is 4.57. The molecule has 0 saturated heterocycles. The lowest BCUT2D eigenvalue weighted by Gasteiger charge is -2.13. The Morgan fingerprint density at radius 3 is 2.73 bits per heavy atom. The van der Waals surface area contributed by atoms with E-state index >= 15 is 0 Å². The number of H-pyrrole nitrogens is 1. The first-order chi connectivity index (χ1) is 10.3. The molecule has 0 bridgehead atoms. The van der Waals surface area contributed by atoms with Crippen molar-refractivity contribution in [2.45, 2.75) is 26.1 Å². The van der Waals surface area contributed by atoms with Crippen molar-refractivity contribution >= 4 is 11.9 Å². The zero-order valence-electron chi connectivity index (χ0n) is 11.7. The van der Waals surface area contributed by atoms with Crippen LogP contribution in [0.5, 0.6) is 5.75 Å². The van der Waals surface area contributed by atoms with Gasteiger partial charge >= 0.3 is 6.18 Å². The van der Waals surface area contributed by atoms with Gasteiger partial charge in [-0.05, 0) is 31.5 Å². The van der Waals surface area contributed by atoms with E-state index in [1.807, 2.05) is 13.0 Å². The van der Waals surface area contributed by atoms with Gasteiger partial charge in [0.05, 0.1) is 0 Å². The van der Waals surface area contributed by atoms with Crippen molar-refractivity contribution in [1.29, 1.82) is 0 Å². The molecular formula is C13H13F3N4O2. The third-order valence-corrected chi connectivity index (χ3v) is 2.66. The van der Waals surface area contributed by atoms with E-state index in [0.717, 1.165) is 5.56 Å². The van der Waals surface area contributed by atoms with Gasteiger partial charge in [-0.15, -0.1) is 5.10 Å². The van der Waals surface area contributed by atoms with Gasteiger partial charge in [-0.1, -0.05) is 12.1 Å². The van der Waals surface area contributed by atoms with E-state index in [0.29, 0.717) is 5.75 Å². The quantitative estimate of drug-likeness (QED) is 0.909. The SMILES string of the molecule is Cc1cccc(OC(C)C(=O)Nc2n[nH]c(C(F)(F)F)n2)c1. The van der Waals surface area contributed by atoms with Crippen LogP contribution in [0.4, 0.5) is 19.1 Å². The van der Waals surface area contributed by atoms with Gasteiger partial charge in [-0.3, -0.25) is 15.2 Å². The second-order valence-corrected chi connectivity index (χ2v) is 4.57. The molecule has 2 aromatic rings. The molecule has 0 aliphatic heterocycles. The summed E-state index contributed by atoms with van der Waals surface area (Å²) in [5.41, 5.74) is 0.953. The van der Waals surface area contributed by atoms with Crippen LogP contribution >= 0.6 is 0 Å². The number of rotatable bonds is 4. The number of benzene rings is 1. The highest BCUT2D eigenvalue weighted by Gasteiger charge is 2.35. The summed E-state index contributed by atoms with van der Waals surface area (Å²) in [7, 11) is 0. The van der Waals surface area contributed by atoms with Gasteiger partial charge < -0.3 is 4.74 Å². The maximum absolute atomic E-state index is 12.4. The summed E-state index contributed by atoms with van der Waals surface area (Å²) in [4.78, 5) is 15.0. The summed E-state index contributed by atoms with van der Waals surface area (Å²) in [5, 5.41) is 7.14. The van der Waals surface area contributed by atoms with Gasteiger partial charge in [0.2, 0.25) is 11.8 Å². The predicted molar refractivity (Wildman–Crippen MR) is 71.3 cm³/mol. The number of carbonyl (C=O) groups is 1. The Hall–Kier alpha value is -2.58. The van der Waals surface area contributed by atoms with Crippen LogP contribution in [0.3, 0.4) is 0 Å². The topological polar surface area (TPSA) is 79.9 Å². The van der Waals surface area contributed by atoms with E-state index in [1.54, 1.807) is 23.3 Å². The number of anilines is 1. The number of ether oxygens (including phenoxy) is 1. The number of hydrogen-bond donors (Lipinski definition) is 2. The third-order valence-electron chi connectivity index (χ3n) is 2.66. The van der Waals surface area contributed by atoms with E-state index in [9.17, 15) is 18.0 Å². The maximum atomic E-state index is 12.4. The van der Waals surface area contributed by atoms with E-state index in [1.165, 1.54) is 6.92 Å². The molecule has 1 aromatic heterocycles. The predicted octanol–water partition coefficient (Wildman–Crippen LogP) is 2.54. The van der Waals surface area contributed by atoms with Crippen molar-refractivity contribution in [3.8, 4) is 5.75 Å². The average Bonchev–Trinajstić information content (AvgIpc) is 2.87. The second kappa shape index (κ2) is 6.04. The van der Waals surface area contributed by atoms with Crippen molar-refractivity contribution in [2.24, 2.45) is 0 Å². The van der Waals surface area contributed by atoms with Crippen LogP contribution in [0.15, 0.2) is 24.3 Å². The number of aromatic nitrogens is 3. The summed E-state index contributed by atoms with van der Waals surface area (Å²) >= 11 is 0. The van der Waals surface area contributed by atoms with Crippen LogP contribution in [0.2, 0.25) is 0 Å². The molecule has 6 nitrogen and oxygen atoms in total. The lowest BCUT2D eigenvalue weighted by molar-refractivity contribution is -0.144. The first kappa shape index (κ1) is 15.8. The highest BCUT2D eigenvalue weighted by atomic mass is 19.4. The molecule has 0 saturated carbocycles. The van der Waals surface area contributed by atoms with Gasteiger partial charge in [0.15, 0.2) is 6.10 Å². The molecule has 2 N–H and O–H groups in total. The molecule has 0 radical (unpaired) electrons. The number of carbonyl (C=O) groups excluding carboxylic acids is 1. The van der Waals surface area contributed by atoms with Crippen LogP contribution in [0.1, 0.15) is 18.3 Å². The molecular weight excluding hydrogens is 301 g/mol. The normalized spacial score (nSPS) is 12.8. The van der Waals surface area contributed by atoms with Crippen LogP contribution in [0, 0.1) is 6.92 Å². The summed E-state index contributed by atoms with van der Waals surface area (Å²) in [6.45, 7) is 3.33. The fraction of sp³-hybridized carbons (Fsp3) is 0.308. The molecule has 118 valence electrons. The van der Waals surface area contributed by atoms with Gasteiger partial charge in [0, 0.05) is 0 Å². The van der Waals surface area contributed by atoms with Crippen molar-refractivity contribution in [3.05, 3.63) is 35.7 Å². The maximum Gasteiger partial charge on any atom is 0.451 e. The molecule has 1 amide bonds. The Kier molecular flexibility index (Phi) is 4.34. The van der Waals surface area contributed by atoms with Gasteiger partial charge in [0.1, 0.15) is 5.75 Å². The summed E-state index contributed by atoms with van der Waals surface area (Å²) < 4.78 is 42.5. The number of aromatic amines is 1. The van der Waals surface area contributed by atoms with E-state index in [-0.39, 0.29) is 0 Å². The van der Waals surface area contributed by atoms with Crippen LogP contribution in [0.25, 0.3) is 0 Å². The molecule has 9 heteroatoms. The lowest BCUT2D eigenvalue weighted by Crippen LogP contribution is -2.30. The molecule has 0 aliphatic carbocycles. The molecule has 1 atom stereocenters. The molecule has 2 rings (SSSR count). The standard InChI is InChI=1S/C13H13F3N4O2/c1-7-4-3-5-9(6-7)22-8(2)10(21)17-12-18-11(19-20-12)13(14,15)16/h3-6,8H,1-2H3,(H2,17,18,19,20,21). The molecule has 0 aliphatic rings. The summed E-state index contributed by atoms with van der Waals surface area (Å²) in [6.07, 6.45) is -5.57. The highest BCUT2D eigenvalue weighted by Crippen LogP contribution is 2.26. The van der Waals surface area contributed by atoms with Gasteiger partial charge in [0.25, 0.3) is 5.91 Å². The molecule has 22 heavy (non-hydrogen) atoms. The molecule has 0 fully saturated rings. The monoisotopic (exact) mass is 314 g/mol. The largest absolute Gasteiger partial charge is 0.481 e. The zero-order valence-corrected chi connectivity index (χ0v) is 11.7. The molecule has 0 spiro atoms. The van der Waals surface area contributed by atoms with E-state index < -0.39 is 30.0 Å². The molecule has 1 aromatic carbocycles. The Morgan fingerprint density at radius 2 is 2.14 bits per heavy atom. The van der Waals surface area contributed by atoms with Crippen LogP contribution < -0.4 is 10.1 Å². The Morgan fingerprint density at radius 1 is 1.41 bits per heavy atom. The van der Waals surface area contributed by atoms with Crippen LogP contribution in [-0.2, 0) is 11.0 Å². The minimum absolute atomic E-state index is 0.461. The number of alkyl halides is 3. The Balaban J connectivity index is 1.98. The lowest BCUT2D eigenvalue weighted by atomic mass is 10.2. The van der Waals surface area contributed by atoms with Gasteiger partial charge in [-0.25, -0.2) is 0 Å². The van der Waals surface area contributed by atoms with E-state index in [4.69, 9.17) is 4.74 Å². The summed E-state index contributed by atoms with van der Waals surface area (Å²) in [6, 6.07) is 7.04. The number of nitrogens with one attached hydrogen (secondary N) is 2. The van der Waals surface area contributed by atoms with E-state index in [2.05, 4.69) is 15.4 Å². The minimum Gasteiger partial charge on any atom is -0.481 e. The Bertz CT molecular complexity index is 669. The first-order valence-electron chi connectivity index (χ1n) is 6.29. The fourth-order valence-corrected chi connectivity index (χ4v) is 1.60. The smallest absolute Gasteiger partial charge is 0.451 e. The van der Waals surface area contributed by atoms with Crippen LogP contribution in [-0.4, -0.2) is 27.2 Å². The van der Waals surface area contributed by atoms with Gasteiger partial charge in [-0.2, -0.15) is 18.2 Å². The fourth-order valence-electron chi connectivity index (χ4n) is 1.60. The third kappa shape index (κ3) is 3.96. The number of amides is 1. The summed E-state index contributed by atoms with van der Waals surface area (Å²) in [5.74, 6) is -1.92. The Labute approximate surface area is 123 Å². The van der Waals surface area contributed by atoms with Crippen molar-refractivity contribution in [1.82, 2.24) is 15.2 Å². The van der Waals surface area contributed by atoms with Crippen molar-refractivity contribution < 1.29 is 22.7 Å². The van der Waals surface area contributed by atoms with Crippen molar-refractivity contribution in [2.75, 3.05) is 5.32 Å². The number of aryl methyl sites for hydroxylation is 1. The average molecular weight is 314 g/mol.